The van der Waals surface area contributed by atoms with Crippen molar-refractivity contribution in [2.24, 2.45) is 0 Å². The molecule has 152 valence electrons. The van der Waals surface area contributed by atoms with E-state index in [0.29, 0.717) is 17.8 Å². The Kier molecular flexibility index (Phi) is 6.79. The molecule has 0 radical (unpaired) electrons. The molecule has 1 atom stereocenters. The number of ether oxygens (including phenoxy) is 1. The smallest absolute Gasteiger partial charge is 0.130 e. The van der Waals surface area contributed by atoms with Gasteiger partial charge in [0.15, 0.2) is 0 Å². The highest BCUT2D eigenvalue weighted by Gasteiger charge is 2.20. The lowest BCUT2D eigenvalue weighted by atomic mass is 9.82. The van der Waals surface area contributed by atoms with E-state index in [-0.39, 0.29) is 0 Å². The van der Waals surface area contributed by atoms with Gasteiger partial charge in [-0.3, -0.25) is 0 Å². The van der Waals surface area contributed by atoms with Gasteiger partial charge in [-0.25, -0.2) is 0 Å². The molecule has 0 aliphatic rings. The Hall–Kier alpha value is -2.54. The molecule has 0 N–H and O–H groups in total. The predicted octanol–water partition coefficient (Wildman–Crippen LogP) is 7.96. The molecule has 0 fully saturated rings. The Balaban J connectivity index is 2.04. The molecule has 29 heavy (non-hydrogen) atoms. The van der Waals surface area contributed by atoms with Crippen LogP contribution < -0.4 is 4.74 Å². The van der Waals surface area contributed by atoms with Crippen molar-refractivity contribution in [3.05, 3.63) is 89.0 Å². The highest BCUT2D eigenvalue weighted by Crippen LogP contribution is 2.39. The zero-order valence-corrected chi connectivity index (χ0v) is 18.7. The third kappa shape index (κ3) is 4.56. The molecule has 1 heteroatoms. The van der Waals surface area contributed by atoms with E-state index in [1.165, 1.54) is 33.4 Å². The fourth-order valence-corrected chi connectivity index (χ4v) is 4.37. The molecule has 0 aliphatic carbocycles. The van der Waals surface area contributed by atoms with Crippen molar-refractivity contribution in [3.63, 3.8) is 0 Å². The average molecular weight is 387 g/mol. The lowest BCUT2D eigenvalue weighted by molar-refractivity contribution is 0.408. The van der Waals surface area contributed by atoms with Gasteiger partial charge in [0, 0.05) is 5.56 Å². The minimum Gasteiger partial charge on any atom is -0.496 e. The third-order valence-electron chi connectivity index (χ3n) is 5.87. The quantitative estimate of drug-likeness (QED) is 0.400. The van der Waals surface area contributed by atoms with E-state index in [1.54, 1.807) is 7.11 Å². The highest BCUT2D eigenvalue weighted by atomic mass is 16.5. The van der Waals surface area contributed by atoms with E-state index >= 15 is 0 Å². The number of benzene rings is 3. The number of methoxy groups -OCH3 is 1. The van der Waals surface area contributed by atoms with Gasteiger partial charge in [-0.1, -0.05) is 101 Å². The summed E-state index contributed by atoms with van der Waals surface area (Å²) in [5, 5.41) is 0. The van der Waals surface area contributed by atoms with Gasteiger partial charge in [0.05, 0.1) is 7.11 Å². The first-order valence-corrected chi connectivity index (χ1v) is 10.8. The maximum atomic E-state index is 5.95. The van der Waals surface area contributed by atoms with Gasteiger partial charge in [0.2, 0.25) is 0 Å². The lowest BCUT2D eigenvalue weighted by Crippen LogP contribution is -2.09. The van der Waals surface area contributed by atoms with E-state index in [0.717, 1.165) is 12.2 Å². The fraction of sp³-hybridized carbons (Fsp3) is 0.357. The van der Waals surface area contributed by atoms with Crippen molar-refractivity contribution >= 4 is 0 Å². The lowest BCUT2D eigenvalue weighted by Gasteiger charge is -2.24. The molecule has 1 unspecified atom stereocenters. The molecule has 0 saturated heterocycles. The van der Waals surface area contributed by atoms with Crippen molar-refractivity contribution < 1.29 is 4.74 Å². The van der Waals surface area contributed by atoms with Gasteiger partial charge < -0.3 is 4.74 Å². The number of hydrogen-bond acceptors (Lipinski definition) is 1. The predicted molar refractivity (Wildman–Crippen MR) is 125 cm³/mol. The van der Waals surface area contributed by atoms with Crippen LogP contribution in [0.5, 0.6) is 5.75 Å². The molecule has 1 nitrogen and oxygen atoms in total. The van der Waals surface area contributed by atoms with Crippen LogP contribution in [0.15, 0.2) is 66.7 Å². The first-order chi connectivity index (χ1) is 13.9. The van der Waals surface area contributed by atoms with E-state index in [9.17, 15) is 0 Å². The van der Waals surface area contributed by atoms with Crippen LogP contribution in [0.3, 0.4) is 0 Å². The second-order valence-corrected chi connectivity index (χ2v) is 8.62. The molecule has 3 aromatic rings. The van der Waals surface area contributed by atoms with E-state index in [1.807, 2.05) is 0 Å². The maximum Gasteiger partial charge on any atom is 0.130 e. The molecular formula is C28H34O. The Morgan fingerprint density at radius 1 is 0.655 bits per heavy atom. The molecule has 0 amide bonds. The zero-order chi connectivity index (χ0) is 21.0. The normalized spacial score (nSPS) is 12.4. The van der Waals surface area contributed by atoms with Crippen molar-refractivity contribution in [2.75, 3.05) is 7.11 Å². The summed E-state index contributed by atoms with van der Waals surface area (Å²) in [6.45, 7) is 11.5. The van der Waals surface area contributed by atoms with Gasteiger partial charge in [-0.15, -0.1) is 0 Å². The Bertz CT molecular complexity index is 912. The summed E-state index contributed by atoms with van der Waals surface area (Å²) < 4.78 is 5.95. The first kappa shape index (κ1) is 21.2. The summed E-state index contributed by atoms with van der Waals surface area (Å²) in [5.41, 5.74) is 8.10. The highest BCUT2D eigenvalue weighted by molar-refractivity contribution is 5.72. The molecule has 0 spiro atoms. The maximum absolute atomic E-state index is 5.95. The Labute approximate surface area is 176 Å². The summed E-state index contributed by atoms with van der Waals surface area (Å²) in [4.78, 5) is 0. The minimum atomic E-state index is 0.367. The molecule has 0 aliphatic heterocycles. The minimum absolute atomic E-state index is 0.367. The molecule has 3 rings (SSSR count). The van der Waals surface area contributed by atoms with Crippen LogP contribution >= 0.6 is 0 Å². The standard InChI is InChI=1S/C28H34O/c1-19(2)23-14-10-15-24(20(3)4)27(23)18-21(5)25-16-11-17-26(28(25)29-6)22-12-8-7-9-13-22/h7-17,19-21H,18H2,1-6H3. The van der Waals surface area contributed by atoms with Gasteiger partial charge >= 0.3 is 0 Å². The summed E-state index contributed by atoms with van der Waals surface area (Å²) in [7, 11) is 1.79. The van der Waals surface area contributed by atoms with Gasteiger partial charge in [-0.05, 0) is 52.0 Å². The van der Waals surface area contributed by atoms with Crippen LogP contribution in [0.2, 0.25) is 0 Å². The topological polar surface area (TPSA) is 9.23 Å². The van der Waals surface area contributed by atoms with Crippen LogP contribution in [-0.2, 0) is 6.42 Å². The van der Waals surface area contributed by atoms with Crippen LogP contribution in [0, 0.1) is 0 Å². The number of rotatable bonds is 7. The second kappa shape index (κ2) is 9.31. The zero-order valence-electron chi connectivity index (χ0n) is 18.7. The molecule has 3 aromatic carbocycles. The third-order valence-corrected chi connectivity index (χ3v) is 5.87. The summed E-state index contributed by atoms with van der Waals surface area (Å²) in [6.07, 6.45) is 1.02. The first-order valence-electron chi connectivity index (χ1n) is 10.8. The molecule has 0 aromatic heterocycles. The van der Waals surface area contributed by atoms with Gasteiger partial charge in [-0.2, -0.15) is 0 Å². The summed E-state index contributed by atoms with van der Waals surface area (Å²) in [5.74, 6) is 2.41. The SMILES string of the molecule is COc1c(-c2ccccc2)cccc1C(C)Cc1c(C(C)C)cccc1C(C)C. The van der Waals surface area contributed by atoms with Crippen LogP contribution in [0.4, 0.5) is 0 Å². The molecule has 0 heterocycles. The van der Waals surface area contributed by atoms with E-state index in [4.69, 9.17) is 4.74 Å². The fourth-order valence-electron chi connectivity index (χ4n) is 4.37. The van der Waals surface area contributed by atoms with Crippen LogP contribution in [-0.4, -0.2) is 7.11 Å². The van der Waals surface area contributed by atoms with Crippen LogP contribution in [0.25, 0.3) is 11.1 Å². The summed E-state index contributed by atoms with van der Waals surface area (Å²) >= 11 is 0. The largest absolute Gasteiger partial charge is 0.496 e. The van der Waals surface area contributed by atoms with Gasteiger partial charge in [0.25, 0.3) is 0 Å². The molecule has 0 saturated carbocycles. The summed E-state index contributed by atoms with van der Waals surface area (Å²) in [6, 6.07) is 23.9. The van der Waals surface area contributed by atoms with E-state index < -0.39 is 0 Å². The number of hydrogen-bond donors (Lipinski definition) is 0. The average Bonchev–Trinajstić information content (AvgIpc) is 2.73. The van der Waals surface area contributed by atoms with Crippen molar-refractivity contribution in [1.29, 1.82) is 0 Å². The molecule has 0 bridgehead atoms. The van der Waals surface area contributed by atoms with E-state index in [2.05, 4.69) is 101 Å². The molecular weight excluding hydrogens is 352 g/mol. The van der Waals surface area contributed by atoms with Gasteiger partial charge in [0.1, 0.15) is 5.75 Å². The number of para-hydroxylation sites is 1. The van der Waals surface area contributed by atoms with Crippen molar-refractivity contribution in [1.82, 2.24) is 0 Å². The Morgan fingerprint density at radius 3 is 1.76 bits per heavy atom. The monoisotopic (exact) mass is 386 g/mol. The Morgan fingerprint density at radius 2 is 1.21 bits per heavy atom. The van der Waals surface area contributed by atoms with Crippen molar-refractivity contribution in [3.8, 4) is 16.9 Å². The van der Waals surface area contributed by atoms with Crippen molar-refractivity contribution in [2.45, 2.75) is 58.8 Å². The van der Waals surface area contributed by atoms with Crippen LogP contribution in [0.1, 0.15) is 74.6 Å². The second-order valence-electron chi connectivity index (χ2n) is 8.62.